The van der Waals surface area contributed by atoms with E-state index in [1.54, 1.807) is 18.5 Å². The molecule has 0 bridgehead atoms. The monoisotopic (exact) mass is 440 g/mol. The summed E-state index contributed by atoms with van der Waals surface area (Å²) in [7, 11) is -1.87. The molecule has 2 aromatic heterocycles. The van der Waals surface area contributed by atoms with Gasteiger partial charge in [-0.15, -0.1) is 10.2 Å². The van der Waals surface area contributed by atoms with Crippen molar-refractivity contribution in [3.05, 3.63) is 17.0 Å². The van der Waals surface area contributed by atoms with E-state index in [4.69, 9.17) is 0 Å². The number of piperidine rings is 1. The van der Waals surface area contributed by atoms with Crippen molar-refractivity contribution in [3.63, 3.8) is 0 Å². The van der Waals surface area contributed by atoms with Crippen LogP contribution in [0.5, 0.6) is 0 Å². The summed E-state index contributed by atoms with van der Waals surface area (Å²) in [6.45, 7) is 4.51. The Bertz CT molecular complexity index is 925. The molecule has 0 atom stereocenters. The van der Waals surface area contributed by atoms with Crippen LogP contribution in [-0.2, 0) is 28.3 Å². The Morgan fingerprint density at radius 1 is 1.28 bits per heavy atom. The van der Waals surface area contributed by atoms with Crippen molar-refractivity contribution in [2.45, 2.75) is 57.4 Å². The SMILES string of the molecule is CCCCCc1nnc(NC(=O)C2CCN(S(=O)(=O)c3cn(C)c(C)n3)CC2)s1. The number of aromatic nitrogens is 4. The quantitative estimate of drug-likeness (QED) is 0.631. The number of carbonyl (C=O) groups is 1. The van der Waals surface area contributed by atoms with E-state index in [0.29, 0.717) is 36.9 Å². The molecule has 2 aromatic rings. The van der Waals surface area contributed by atoms with Gasteiger partial charge in [-0.05, 0) is 26.2 Å². The fourth-order valence-corrected chi connectivity index (χ4v) is 5.56. The van der Waals surface area contributed by atoms with Crippen LogP contribution in [0, 0.1) is 12.8 Å². The Morgan fingerprint density at radius 2 is 2.00 bits per heavy atom. The molecule has 0 aliphatic carbocycles. The summed E-state index contributed by atoms with van der Waals surface area (Å²) in [5.74, 6) is 0.287. The third-order valence-electron chi connectivity index (χ3n) is 5.21. The first-order valence-corrected chi connectivity index (χ1v) is 12.2. The maximum absolute atomic E-state index is 12.8. The Morgan fingerprint density at radius 3 is 2.62 bits per heavy atom. The highest BCUT2D eigenvalue weighted by Crippen LogP contribution is 2.25. The molecule has 0 radical (unpaired) electrons. The van der Waals surface area contributed by atoms with E-state index in [1.807, 2.05) is 0 Å². The maximum Gasteiger partial charge on any atom is 0.262 e. The predicted octanol–water partition coefficient (Wildman–Crippen LogP) is 2.35. The van der Waals surface area contributed by atoms with Crippen LogP contribution in [0.25, 0.3) is 0 Å². The van der Waals surface area contributed by atoms with Gasteiger partial charge in [0.05, 0.1) is 0 Å². The van der Waals surface area contributed by atoms with Gasteiger partial charge in [0.25, 0.3) is 10.0 Å². The molecule has 1 amide bonds. The van der Waals surface area contributed by atoms with E-state index in [0.717, 1.165) is 30.7 Å². The Hall–Kier alpha value is -1.85. The molecule has 160 valence electrons. The Balaban J connectivity index is 1.53. The number of anilines is 1. The summed E-state index contributed by atoms with van der Waals surface area (Å²) in [5.41, 5.74) is 0. The minimum atomic E-state index is -3.63. The molecule has 0 spiro atoms. The zero-order chi connectivity index (χ0) is 21.0. The Labute approximate surface area is 175 Å². The van der Waals surface area contributed by atoms with Gasteiger partial charge in [0.1, 0.15) is 10.8 Å². The number of aryl methyl sites for hydroxylation is 3. The van der Waals surface area contributed by atoms with Crippen molar-refractivity contribution in [1.82, 2.24) is 24.1 Å². The van der Waals surface area contributed by atoms with Gasteiger partial charge in [-0.25, -0.2) is 13.4 Å². The molecule has 29 heavy (non-hydrogen) atoms. The van der Waals surface area contributed by atoms with Gasteiger partial charge in [-0.3, -0.25) is 4.79 Å². The van der Waals surface area contributed by atoms with Crippen LogP contribution in [0.3, 0.4) is 0 Å². The number of hydrogen-bond acceptors (Lipinski definition) is 7. The lowest BCUT2D eigenvalue weighted by Crippen LogP contribution is -2.41. The summed E-state index contributed by atoms with van der Waals surface area (Å²) >= 11 is 1.41. The highest BCUT2D eigenvalue weighted by atomic mass is 32.2. The minimum absolute atomic E-state index is 0.0601. The summed E-state index contributed by atoms with van der Waals surface area (Å²) in [4.78, 5) is 16.7. The van der Waals surface area contributed by atoms with Gasteiger partial charge >= 0.3 is 0 Å². The zero-order valence-electron chi connectivity index (χ0n) is 17.1. The zero-order valence-corrected chi connectivity index (χ0v) is 18.7. The van der Waals surface area contributed by atoms with Crippen LogP contribution in [0.15, 0.2) is 11.2 Å². The second-order valence-electron chi connectivity index (χ2n) is 7.36. The van der Waals surface area contributed by atoms with Crippen LogP contribution in [0.1, 0.15) is 49.9 Å². The van der Waals surface area contributed by atoms with Crippen molar-refractivity contribution in [2.24, 2.45) is 13.0 Å². The van der Waals surface area contributed by atoms with Crippen LogP contribution in [0.2, 0.25) is 0 Å². The molecular formula is C18H28N6O3S2. The lowest BCUT2D eigenvalue weighted by Gasteiger charge is -2.29. The number of imidazole rings is 1. The summed E-state index contributed by atoms with van der Waals surface area (Å²) in [5, 5.41) is 12.5. The topological polar surface area (TPSA) is 110 Å². The summed E-state index contributed by atoms with van der Waals surface area (Å²) < 4.78 is 28.6. The maximum atomic E-state index is 12.8. The number of nitrogens with one attached hydrogen (secondary N) is 1. The van der Waals surface area contributed by atoms with Crippen molar-refractivity contribution in [1.29, 1.82) is 0 Å². The Kier molecular flexibility index (Phi) is 7.01. The van der Waals surface area contributed by atoms with E-state index in [2.05, 4.69) is 27.4 Å². The summed E-state index contributed by atoms with van der Waals surface area (Å²) in [6, 6.07) is 0. The lowest BCUT2D eigenvalue weighted by atomic mass is 9.97. The average molecular weight is 441 g/mol. The molecule has 3 heterocycles. The van der Waals surface area contributed by atoms with Crippen LogP contribution in [0.4, 0.5) is 5.13 Å². The molecule has 9 nitrogen and oxygen atoms in total. The second kappa shape index (κ2) is 9.31. The third-order valence-corrected chi connectivity index (χ3v) is 7.88. The average Bonchev–Trinajstić information content (AvgIpc) is 3.28. The molecule has 1 aliphatic heterocycles. The minimum Gasteiger partial charge on any atom is -0.337 e. The normalized spacial score (nSPS) is 16.2. The molecule has 1 fully saturated rings. The van der Waals surface area contributed by atoms with Gasteiger partial charge in [-0.1, -0.05) is 31.1 Å². The predicted molar refractivity (Wildman–Crippen MR) is 111 cm³/mol. The highest BCUT2D eigenvalue weighted by molar-refractivity contribution is 7.89. The first-order chi connectivity index (χ1) is 13.8. The van der Waals surface area contributed by atoms with E-state index >= 15 is 0 Å². The molecule has 11 heteroatoms. The van der Waals surface area contributed by atoms with E-state index in [9.17, 15) is 13.2 Å². The molecule has 0 unspecified atom stereocenters. The van der Waals surface area contributed by atoms with Gasteiger partial charge < -0.3 is 9.88 Å². The van der Waals surface area contributed by atoms with Crippen molar-refractivity contribution >= 4 is 32.4 Å². The smallest absolute Gasteiger partial charge is 0.262 e. The van der Waals surface area contributed by atoms with Gasteiger partial charge in [0.2, 0.25) is 11.0 Å². The number of hydrogen-bond donors (Lipinski definition) is 1. The molecule has 1 saturated heterocycles. The van der Waals surface area contributed by atoms with Crippen molar-refractivity contribution in [2.75, 3.05) is 18.4 Å². The first kappa shape index (κ1) is 21.8. The largest absolute Gasteiger partial charge is 0.337 e. The number of nitrogens with zero attached hydrogens (tertiary/aromatic N) is 5. The number of amides is 1. The molecule has 1 N–H and O–H groups in total. The van der Waals surface area contributed by atoms with E-state index in [1.165, 1.54) is 21.8 Å². The fraction of sp³-hybridized carbons (Fsp3) is 0.667. The number of unbranched alkanes of at least 4 members (excludes halogenated alkanes) is 2. The molecule has 1 aliphatic rings. The number of rotatable bonds is 8. The summed E-state index contributed by atoms with van der Waals surface area (Å²) in [6.07, 6.45) is 6.72. The van der Waals surface area contributed by atoms with Crippen molar-refractivity contribution < 1.29 is 13.2 Å². The molecule has 0 saturated carbocycles. The third kappa shape index (κ3) is 5.20. The van der Waals surface area contributed by atoms with Gasteiger partial charge in [0, 0.05) is 38.7 Å². The number of sulfonamides is 1. The second-order valence-corrected chi connectivity index (χ2v) is 10.3. The van der Waals surface area contributed by atoms with Crippen molar-refractivity contribution in [3.8, 4) is 0 Å². The molecular weight excluding hydrogens is 412 g/mol. The first-order valence-electron chi connectivity index (χ1n) is 9.94. The van der Waals surface area contributed by atoms with Crippen LogP contribution < -0.4 is 5.32 Å². The van der Waals surface area contributed by atoms with Gasteiger partial charge in [0.15, 0.2) is 5.03 Å². The fourth-order valence-electron chi connectivity index (χ4n) is 3.28. The van der Waals surface area contributed by atoms with Crippen LogP contribution >= 0.6 is 11.3 Å². The van der Waals surface area contributed by atoms with E-state index in [-0.39, 0.29) is 16.9 Å². The molecule has 3 rings (SSSR count). The van der Waals surface area contributed by atoms with Gasteiger partial charge in [-0.2, -0.15) is 4.31 Å². The van der Waals surface area contributed by atoms with Crippen LogP contribution in [-0.4, -0.2) is 51.5 Å². The highest BCUT2D eigenvalue weighted by Gasteiger charge is 2.33. The standard InChI is InChI=1S/C18H28N6O3S2/c1-4-5-6-7-15-21-22-18(28-15)20-17(25)14-8-10-24(11-9-14)29(26,27)16-12-23(3)13(2)19-16/h12,14H,4-11H2,1-3H3,(H,20,22,25). The van der Waals surface area contributed by atoms with E-state index < -0.39 is 10.0 Å². The number of carbonyl (C=O) groups excluding carboxylic acids is 1. The lowest BCUT2D eigenvalue weighted by molar-refractivity contribution is -0.120. The molecule has 0 aromatic carbocycles.